The van der Waals surface area contributed by atoms with Crippen LogP contribution in [0, 0.1) is 0 Å². The molecule has 1 N–H and O–H groups in total. The van der Waals surface area contributed by atoms with Gasteiger partial charge in [0.2, 0.25) is 5.82 Å². The molecule has 0 fully saturated rings. The maximum atomic E-state index is 12.5. The number of halogens is 3. The second-order valence-corrected chi connectivity index (χ2v) is 5.86. The van der Waals surface area contributed by atoms with Gasteiger partial charge in [-0.15, -0.1) is 0 Å². The lowest BCUT2D eigenvalue weighted by atomic mass is 10.1. The quantitative estimate of drug-likeness (QED) is 0.693. The topological polar surface area (TPSA) is 77.2 Å². The predicted molar refractivity (Wildman–Crippen MR) is 93.8 cm³/mol. The Morgan fingerprint density at radius 1 is 1.18 bits per heavy atom. The number of hydrogen-bond donors (Lipinski definition) is 1. The summed E-state index contributed by atoms with van der Waals surface area (Å²) in [5, 5.41) is 6.10. The Balaban J connectivity index is 1.58. The number of nitrogens with zero attached hydrogens (tertiary/aromatic N) is 2. The summed E-state index contributed by atoms with van der Waals surface area (Å²) >= 11 is 0. The van der Waals surface area contributed by atoms with Gasteiger partial charge in [-0.1, -0.05) is 29.4 Å². The van der Waals surface area contributed by atoms with Gasteiger partial charge in [-0.3, -0.25) is 4.79 Å². The van der Waals surface area contributed by atoms with Crippen molar-refractivity contribution in [1.29, 1.82) is 0 Å². The van der Waals surface area contributed by atoms with Crippen molar-refractivity contribution in [3.8, 4) is 17.1 Å². The molecule has 0 aliphatic carbocycles. The molecule has 0 bridgehead atoms. The van der Waals surface area contributed by atoms with E-state index >= 15 is 0 Å². The van der Waals surface area contributed by atoms with Crippen LogP contribution in [0.1, 0.15) is 21.8 Å². The highest BCUT2D eigenvalue weighted by atomic mass is 19.4. The zero-order valence-electron chi connectivity index (χ0n) is 14.8. The van der Waals surface area contributed by atoms with Crippen LogP contribution in [0.5, 0.6) is 5.75 Å². The van der Waals surface area contributed by atoms with Crippen molar-refractivity contribution in [2.45, 2.75) is 12.6 Å². The molecule has 28 heavy (non-hydrogen) atoms. The smallest absolute Gasteiger partial charge is 0.471 e. The Bertz CT molecular complexity index is 953. The summed E-state index contributed by atoms with van der Waals surface area (Å²) in [6.45, 7) is 0.424. The number of carbonyl (C=O) groups is 1. The standard InChI is InChI=1S/C19H16F3N3O3/c1-27-15-4-2-3-12(11-15)9-10-23-17(26)14-7-5-13(6-8-14)16-24-18(28-25-16)19(20,21)22/h2-8,11H,9-10H2,1H3,(H,23,26). The van der Waals surface area contributed by atoms with Crippen molar-refractivity contribution in [3.63, 3.8) is 0 Å². The molecule has 0 saturated carbocycles. The van der Waals surface area contributed by atoms with Gasteiger partial charge < -0.3 is 14.6 Å². The van der Waals surface area contributed by atoms with E-state index in [0.717, 1.165) is 11.3 Å². The number of hydrogen-bond acceptors (Lipinski definition) is 5. The SMILES string of the molecule is COc1cccc(CCNC(=O)c2ccc(-c3noc(C(F)(F)F)n3)cc2)c1. The predicted octanol–water partition coefficient (Wildman–Crippen LogP) is 3.74. The van der Waals surface area contributed by atoms with Gasteiger partial charge in [-0.05, 0) is 36.2 Å². The highest BCUT2D eigenvalue weighted by molar-refractivity contribution is 5.94. The Morgan fingerprint density at radius 2 is 1.93 bits per heavy atom. The van der Waals surface area contributed by atoms with E-state index in [1.54, 1.807) is 7.11 Å². The maximum absolute atomic E-state index is 12.5. The number of nitrogens with one attached hydrogen (secondary N) is 1. The molecule has 9 heteroatoms. The zero-order chi connectivity index (χ0) is 20.1. The Hall–Kier alpha value is -3.36. The second-order valence-electron chi connectivity index (χ2n) is 5.86. The fourth-order valence-electron chi connectivity index (χ4n) is 2.48. The van der Waals surface area contributed by atoms with Crippen molar-refractivity contribution in [2.24, 2.45) is 0 Å². The Morgan fingerprint density at radius 3 is 2.57 bits per heavy atom. The Labute approximate surface area is 158 Å². The molecule has 0 atom stereocenters. The summed E-state index contributed by atoms with van der Waals surface area (Å²) in [6.07, 6.45) is -4.07. The van der Waals surface area contributed by atoms with Crippen LogP contribution in [-0.4, -0.2) is 29.7 Å². The monoisotopic (exact) mass is 391 g/mol. The van der Waals surface area contributed by atoms with Gasteiger partial charge in [-0.25, -0.2) is 0 Å². The molecule has 1 amide bonds. The first-order valence-electron chi connectivity index (χ1n) is 8.29. The first-order valence-corrected chi connectivity index (χ1v) is 8.29. The number of alkyl halides is 3. The number of rotatable bonds is 6. The van der Waals surface area contributed by atoms with Gasteiger partial charge in [0.15, 0.2) is 0 Å². The molecular weight excluding hydrogens is 375 g/mol. The van der Waals surface area contributed by atoms with Crippen LogP contribution in [0.15, 0.2) is 53.1 Å². The summed E-state index contributed by atoms with van der Waals surface area (Å²) in [4.78, 5) is 15.5. The van der Waals surface area contributed by atoms with Gasteiger partial charge in [0, 0.05) is 17.7 Å². The molecule has 0 aliphatic heterocycles. The summed E-state index contributed by atoms with van der Waals surface area (Å²) in [5.74, 6) is -1.16. The van der Waals surface area contributed by atoms with Crippen LogP contribution < -0.4 is 10.1 Å². The number of ether oxygens (including phenoxy) is 1. The molecule has 2 aromatic carbocycles. The number of methoxy groups -OCH3 is 1. The van der Waals surface area contributed by atoms with Gasteiger partial charge in [-0.2, -0.15) is 18.2 Å². The molecule has 3 rings (SSSR count). The molecule has 0 unspecified atom stereocenters. The van der Waals surface area contributed by atoms with Crippen molar-refractivity contribution >= 4 is 5.91 Å². The molecule has 3 aromatic rings. The van der Waals surface area contributed by atoms with Crippen molar-refractivity contribution < 1.29 is 27.2 Å². The van der Waals surface area contributed by atoms with Gasteiger partial charge >= 0.3 is 12.1 Å². The highest BCUT2D eigenvalue weighted by Gasteiger charge is 2.38. The number of carbonyl (C=O) groups excluding carboxylic acids is 1. The van der Waals surface area contributed by atoms with Crippen molar-refractivity contribution in [1.82, 2.24) is 15.5 Å². The minimum atomic E-state index is -4.70. The fourth-order valence-corrected chi connectivity index (χ4v) is 2.48. The molecule has 0 radical (unpaired) electrons. The third-order valence-corrected chi connectivity index (χ3v) is 3.91. The minimum Gasteiger partial charge on any atom is -0.497 e. The first-order chi connectivity index (χ1) is 13.4. The van der Waals surface area contributed by atoms with E-state index in [4.69, 9.17) is 4.74 Å². The second kappa shape index (κ2) is 8.12. The average molecular weight is 391 g/mol. The summed E-state index contributed by atoms with van der Waals surface area (Å²) in [5.41, 5.74) is 1.70. The first kappa shape index (κ1) is 19.4. The molecule has 146 valence electrons. The van der Waals surface area contributed by atoms with Gasteiger partial charge in [0.1, 0.15) is 5.75 Å². The third-order valence-electron chi connectivity index (χ3n) is 3.91. The van der Waals surface area contributed by atoms with E-state index in [1.807, 2.05) is 24.3 Å². The molecule has 0 saturated heterocycles. The molecule has 0 aliphatic rings. The van der Waals surface area contributed by atoms with Gasteiger partial charge in [0.25, 0.3) is 5.91 Å². The zero-order valence-corrected chi connectivity index (χ0v) is 14.8. The number of benzene rings is 2. The van der Waals surface area contributed by atoms with Gasteiger partial charge in [0.05, 0.1) is 7.11 Å². The third kappa shape index (κ3) is 4.67. The van der Waals surface area contributed by atoms with E-state index in [2.05, 4.69) is 20.0 Å². The minimum absolute atomic E-state index is 0.197. The summed E-state index contributed by atoms with van der Waals surface area (Å²) < 4.78 is 46.9. The van der Waals surface area contributed by atoms with Crippen LogP contribution in [0.3, 0.4) is 0 Å². The van der Waals surface area contributed by atoms with E-state index in [0.29, 0.717) is 24.1 Å². The summed E-state index contributed by atoms with van der Waals surface area (Å²) in [7, 11) is 1.59. The lowest BCUT2D eigenvalue weighted by Gasteiger charge is -2.07. The van der Waals surface area contributed by atoms with Crippen LogP contribution in [0.25, 0.3) is 11.4 Å². The molecule has 0 spiro atoms. The average Bonchev–Trinajstić information content (AvgIpc) is 3.19. The number of amides is 1. The highest BCUT2D eigenvalue weighted by Crippen LogP contribution is 2.29. The maximum Gasteiger partial charge on any atom is 0.471 e. The van der Waals surface area contributed by atoms with Crippen LogP contribution in [0.4, 0.5) is 13.2 Å². The Kier molecular flexibility index (Phi) is 5.62. The lowest BCUT2D eigenvalue weighted by Crippen LogP contribution is -2.25. The normalized spacial score (nSPS) is 11.3. The fraction of sp³-hybridized carbons (Fsp3) is 0.211. The van der Waals surface area contributed by atoms with Crippen LogP contribution >= 0.6 is 0 Å². The van der Waals surface area contributed by atoms with E-state index in [1.165, 1.54) is 24.3 Å². The lowest BCUT2D eigenvalue weighted by molar-refractivity contribution is -0.159. The van der Waals surface area contributed by atoms with Crippen molar-refractivity contribution in [3.05, 3.63) is 65.5 Å². The summed E-state index contributed by atoms with van der Waals surface area (Å²) in [6, 6.07) is 13.4. The molecule has 1 heterocycles. The van der Waals surface area contributed by atoms with Crippen LogP contribution in [0.2, 0.25) is 0 Å². The molecule has 1 aromatic heterocycles. The molecular formula is C19H16F3N3O3. The largest absolute Gasteiger partial charge is 0.497 e. The van der Waals surface area contributed by atoms with E-state index in [-0.39, 0.29) is 11.7 Å². The van der Waals surface area contributed by atoms with E-state index in [9.17, 15) is 18.0 Å². The molecule has 6 nitrogen and oxygen atoms in total. The number of aromatic nitrogens is 2. The van der Waals surface area contributed by atoms with E-state index < -0.39 is 12.1 Å². The van der Waals surface area contributed by atoms with Crippen LogP contribution in [-0.2, 0) is 12.6 Å². The van der Waals surface area contributed by atoms with Crippen molar-refractivity contribution in [2.75, 3.05) is 13.7 Å².